The molecule has 0 radical (unpaired) electrons. The fourth-order valence-electron chi connectivity index (χ4n) is 4.39. The zero-order chi connectivity index (χ0) is 23.7. The summed E-state index contributed by atoms with van der Waals surface area (Å²) < 4.78 is 27.0. The van der Waals surface area contributed by atoms with Crippen LogP contribution in [0.2, 0.25) is 0 Å². The van der Waals surface area contributed by atoms with Gasteiger partial charge < -0.3 is 9.47 Å². The molecule has 0 N–H and O–H groups in total. The van der Waals surface area contributed by atoms with Crippen LogP contribution in [-0.2, 0) is 16.1 Å². The van der Waals surface area contributed by atoms with Gasteiger partial charge in [0.15, 0.2) is 0 Å². The van der Waals surface area contributed by atoms with Crippen LogP contribution in [0.1, 0.15) is 43.4 Å². The molecule has 2 heterocycles. The third-order valence-electron chi connectivity index (χ3n) is 6.01. The molecule has 0 spiro atoms. The first-order valence-corrected chi connectivity index (χ1v) is 11.5. The maximum absolute atomic E-state index is 13.4. The van der Waals surface area contributed by atoms with E-state index in [9.17, 15) is 9.18 Å². The summed E-state index contributed by atoms with van der Waals surface area (Å²) in [7, 11) is 0. The monoisotopic (exact) mass is 456 g/mol. The van der Waals surface area contributed by atoms with E-state index in [4.69, 9.17) is 9.47 Å². The number of carbonyl (C=O) groups excluding carboxylic acids is 1. The Morgan fingerprint density at radius 1 is 1.09 bits per heavy atom. The molecule has 1 aliphatic heterocycles. The van der Waals surface area contributed by atoms with Crippen LogP contribution < -0.4 is 4.74 Å². The van der Waals surface area contributed by atoms with Crippen molar-refractivity contribution in [1.29, 1.82) is 0 Å². The van der Waals surface area contributed by atoms with Crippen LogP contribution >= 0.6 is 0 Å². The van der Waals surface area contributed by atoms with Gasteiger partial charge in [-0.15, -0.1) is 0 Å². The van der Waals surface area contributed by atoms with Gasteiger partial charge in [0.05, 0.1) is 24.0 Å². The number of fused-ring (bicyclic) bond motifs is 3. The highest BCUT2D eigenvalue weighted by molar-refractivity contribution is 6.04. The van der Waals surface area contributed by atoms with E-state index < -0.39 is 0 Å². The lowest BCUT2D eigenvalue weighted by molar-refractivity contribution is -0.139. The first-order valence-electron chi connectivity index (χ1n) is 11.5. The second-order valence-electron chi connectivity index (χ2n) is 8.23. The fourth-order valence-corrected chi connectivity index (χ4v) is 4.39. The van der Waals surface area contributed by atoms with Crippen LogP contribution in [0.4, 0.5) is 4.39 Å². The van der Waals surface area contributed by atoms with E-state index in [-0.39, 0.29) is 11.8 Å². The maximum Gasteiger partial charge on any atom is 0.334 e. The van der Waals surface area contributed by atoms with Gasteiger partial charge in [0.2, 0.25) is 0 Å². The second kappa shape index (κ2) is 9.14. The number of aromatic nitrogens is 2. The predicted molar refractivity (Wildman–Crippen MR) is 129 cm³/mol. The minimum absolute atomic E-state index is 0.294. The summed E-state index contributed by atoms with van der Waals surface area (Å²) in [6.45, 7) is 4.67. The first-order chi connectivity index (χ1) is 16.6. The zero-order valence-corrected chi connectivity index (χ0v) is 19.2. The molecule has 0 saturated carbocycles. The molecule has 6 heteroatoms. The molecule has 4 aromatic rings. The number of hydrogen-bond donors (Lipinski definition) is 0. The van der Waals surface area contributed by atoms with Crippen LogP contribution in [0.15, 0.2) is 72.4 Å². The van der Waals surface area contributed by atoms with Gasteiger partial charge in [0, 0.05) is 22.1 Å². The Morgan fingerprint density at radius 3 is 2.65 bits per heavy atom. The Hall–Kier alpha value is -3.93. The van der Waals surface area contributed by atoms with Gasteiger partial charge in [-0.25, -0.2) is 13.9 Å². The number of carbonyl (C=O) groups is 1. The van der Waals surface area contributed by atoms with Crippen molar-refractivity contribution in [3.63, 3.8) is 0 Å². The van der Waals surface area contributed by atoms with Crippen molar-refractivity contribution < 1.29 is 18.7 Å². The summed E-state index contributed by atoms with van der Waals surface area (Å²) in [5.74, 6) is 0.133. The van der Waals surface area contributed by atoms with E-state index in [2.05, 4.69) is 11.2 Å². The van der Waals surface area contributed by atoms with Gasteiger partial charge in [-0.1, -0.05) is 32.0 Å². The van der Waals surface area contributed by atoms with Crippen LogP contribution in [-0.4, -0.2) is 22.4 Å². The Morgan fingerprint density at radius 2 is 1.88 bits per heavy atom. The van der Waals surface area contributed by atoms with Crippen molar-refractivity contribution >= 4 is 22.4 Å². The molecule has 34 heavy (non-hydrogen) atoms. The first kappa shape index (κ1) is 21.9. The van der Waals surface area contributed by atoms with E-state index in [0.29, 0.717) is 25.2 Å². The molecule has 0 bridgehead atoms. The molecular formula is C28H25FN2O3. The van der Waals surface area contributed by atoms with Crippen molar-refractivity contribution in [1.82, 2.24) is 9.78 Å². The minimum Gasteiger partial charge on any atom is -0.488 e. The number of rotatable bonds is 5. The molecule has 3 aromatic carbocycles. The molecule has 5 rings (SSSR count). The summed E-state index contributed by atoms with van der Waals surface area (Å²) in [5, 5.41) is 5.46. The number of ether oxygens (including phenoxy) is 2. The summed E-state index contributed by atoms with van der Waals surface area (Å²) in [6.07, 6.45) is 3.07. The highest BCUT2D eigenvalue weighted by Crippen LogP contribution is 2.41. The summed E-state index contributed by atoms with van der Waals surface area (Å²) in [6, 6.07) is 18.1. The van der Waals surface area contributed by atoms with Crippen molar-refractivity contribution in [2.24, 2.45) is 0 Å². The molecule has 1 aliphatic rings. The zero-order valence-electron chi connectivity index (χ0n) is 19.2. The predicted octanol–water partition coefficient (Wildman–Crippen LogP) is 6.22. The second-order valence-corrected chi connectivity index (χ2v) is 8.23. The number of halogens is 1. The average molecular weight is 457 g/mol. The summed E-state index contributed by atoms with van der Waals surface area (Å²) in [5.41, 5.74) is 5.85. The van der Waals surface area contributed by atoms with Crippen LogP contribution in [0, 0.1) is 5.82 Å². The van der Waals surface area contributed by atoms with Gasteiger partial charge in [0.1, 0.15) is 18.2 Å². The van der Waals surface area contributed by atoms with Gasteiger partial charge in [-0.3, -0.25) is 0 Å². The fraction of sp³-hybridized carbons (Fsp3) is 0.214. The number of para-hydroxylation sites is 1. The molecule has 0 saturated heterocycles. The van der Waals surface area contributed by atoms with Crippen molar-refractivity contribution in [2.75, 3.05) is 6.61 Å². The summed E-state index contributed by atoms with van der Waals surface area (Å²) >= 11 is 0. The van der Waals surface area contributed by atoms with Gasteiger partial charge in [-0.2, -0.15) is 5.10 Å². The average Bonchev–Trinajstić information content (AvgIpc) is 3.20. The molecule has 0 atom stereocenters. The van der Waals surface area contributed by atoms with Gasteiger partial charge in [-0.05, 0) is 66.4 Å². The number of hydrogen-bond acceptors (Lipinski definition) is 4. The van der Waals surface area contributed by atoms with Crippen molar-refractivity contribution in [2.45, 2.75) is 33.3 Å². The smallest absolute Gasteiger partial charge is 0.334 e. The van der Waals surface area contributed by atoms with E-state index in [1.165, 1.54) is 12.1 Å². The minimum atomic E-state index is -0.302. The van der Waals surface area contributed by atoms with Crippen LogP contribution in [0.25, 0.3) is 22.2 Å². The maximum atomic E-state index is 13.4. The lowest BCUT2D eigenvalue weighted by atomic mass is 9.88. The SMILES string of the molecule is CCCOC(=O)C(CC)=C1c2cc3cnn(-c4ccc(F)cc4)c3cc2COc2ccccc21. The molecule has 0 amide bonds. The summed E-state index contributed by atoms with van der Waals surface area (Å²) in [4.78, 5) is 13.1. The molecule has 5 nitrogen and oxygen atoms in total. The molecular weight excluding hydrogens is 431 g/mol. The van der Waals surface area contributed by atoms with Gasteiger partial charge >= 0.3 is 5.97 Å². The van der Waals surface area contributed by atoms with Crippen LogP contribution in [0.5, 0.6) is 5.75 Å². The van der Waals surface area contributed by atoms with Crippen LogP contribution in [0.3, 0.4) is 0 Å². The van der Waals surface area contributed by atoms with E-state index >= 15 is 0 Å². The molecule has 0 unspecified atom stereocenters. The number of esters is 1. The topological polar surface area (TPSA) is 53.3 Å². The van der Waals surface area contributed by atoms with Crippen molar-refractivity contribution in [3.05, 3.63) is 94.9 Å². The normalized spacial score (nSPS) is 14.1. The molecule has 0 fully saturated rings. The quantitative estimate of drug-likeness (QED) is 0.264. The highest BCUT2D eigenvalue weighted by Gasteiger charge is 2.26. The lowest BCUT2D eigenvalue weighted by Crippen LogP contribution is -2.11. The van der Waals surface area contributed by atoms with Gasteiger partial charge in [0.25, 0.3) is 0 Å². The van der Waals surface area contributed by atoms with E-state index in [0.717, 1.165) is 51.0 Å². The standard InChI is InChI=1S/C28H25FN2O3/c1-3-13-33-28(32)22(4-2)27-23-7-5-6-8-26(23)34-17-19-15-25-18(14-24(19)27)16-30-31(25)21-11-9-20(29)10-12-21/h5-12,14-16H,3-4,13,17H2,1-2H3. The van der Waals surface area contributed by atoms with E-state index in [1.807, 2.05) is 44.2 Å². The Labute approximate surface area is 197 Å². The number of nitrogens with zero attached hydrogens (tertiary/aromatic N) is 2. The largest absolute Gasteiger partial charge is 0.488 e. The third kappa shape index (κ3) is 3.85. The number of benzene rings is 3. The highest BCUT2D eigenvalue weighted by atomic mass is 19.1. The molecule has 0 aliphatic carbocycles. The third-order valence-corrected chi connectivity index (χ3v) is 6.01. The van der Waals surface area contributed by atoms with E-state index in [1.54, 1.807) is 23.0 Å². The Balaban J connectivity index is 1.73. The Bertz CT molecular complexity index is 1400. The Kier molecular flexibility index (Phi) is 5.88. The molecule has 172 valence electrons. The lowest BCUT2D eigenvalue weighted by Gasteiger charge is -2.16. The van der Waals surface area contributed by atoms with Crippen molar-refractivity contribution in [3.8, 4) is 11.4 Å². The molecule has 1 aromatic heterocycles.